The zero-order chi connectivity index (χ0) is 12.1. The summed E-state index contributed by atoms with van der Waals surface area (Å²) in [5.74, 6) is 0.266. The van der Waals surface area contributed by atoms with Gasteiger partial charge in [-0.2, -0.15) is 4.98 Å². The number of amides is 1. The molecule has 0 atom stereocenters. The van der Waals surface area contributed by atoms with Crippen LogP contribution in [0.25, 0.3) is 0 Å². The van der Waals surface area contributed by atoms with E-state index >= 15 is 0 Å². The van der Waals surface area contributed by atoms with Gasteiger partial charge in [0, 0.05) is 6.07 Å². The Kier molecular flexibility index (Phi) is 2.20. The van der Waals surface area contributed by atoms with Crippen LogP contribution in [0.1, 0.15) is 13.8 Å². The van der Waals surface area contributed by atoms with Crippen LogP contribution in [0.15, 0.2) is 10.9 Å². The summed E-state index contributed by atoms with van der Waals surface area (Å²) in [6, 6.07) is 1.38. The largest absolute Gasteiger partial charge is 0.465 e. The third-order valence-electron chi connectivity index (χ3n) is 2.53. The second-order valence-electron chi connectivity index (χ2n) is 4.24. The summed E-state index contributed by atoms with van der Waals surface area (Å²) >= 11 is 5.65. The molecule has 7 heteroatoms. The summed E-state index contributed by atoms with van der Waals surface area (Å²) < 4.78 is 1.31. The van der Waals surface area contributed by atoms with E-state index in [-0.39, 0.29) is 17.5 Å². The van der Waals surface area contributed by atoms with Gasteiger partial charge in [-0.15, -0.1) is 0 Å². The number of carboxylic acid groups (broad SMARTS) is 1. The standard InChI is InChI=1S/C9H10ClN3O3/c1-9(2)4-12-6(13(9)8(15)16)3-5(10)11-7(12)14/h3H,4H2,1-2H3,(H,15,16). The molecule has 2 heterocycles. The van der Waals surface area contributed by atoms with Crippen LogP contribution < -0.4 is 10.6 Å². The third kappa shape index (κ3) is 1.46. The Hall–Kier alpha value is -1.56. The summed E-state index contributed by atoms with van der Waals surface area (Å²) in [6.07, 6.45) is -1.11. The van der Waals surface area contributed by atoms with E-state index in [1.165, 1.54) is 10.6 Å². The van der Waals surface area contributed by atoms with E-state index in [0.29, 0.717) is 0 Å². The van der Waals surface area contributed by atoms with Crippen LogP contribution in [-0.4, -0.2) is 26.3 Å². The number of hydrogen-bond acceptors (Lipinski definition) is 3. The number of carbonyl (C=O) groups is 1. The number of hydrogen-bond donors (Lipinski definition) is 1. The number of halogens is 1. The number of aromatic nitrogens is 2. The lowest BCUT2D eigenvalue weighted by Crippen LogP contribution is -2.44. The second kappa shape index (κ2) is 3.21. The van der Waals surface area contributed by atoms with Gasteiger partial charge in [0.1, 0.15) is 11.0 Å². The maximum Gasteiger partial charge on any atom is 0.413 e. The van der Waals surface area contributed by atoms with Crippen molar-refractivity contribution in [3.63, 3.8) is 0 Å². The molecule has 1 N–H and O–H groups in total. The van der Waals surface area contributed by atoms with Crippen LogP contribution in [0.3, 0.4) is 0 Å². The smallest absolute Gasteiger partial charge is 0.413 e. The van der Waals surface area contributed by atoms with E-state index in [0.717, 1.165) is 4.90 Å². The summed E-state index contributed by atoms with van der Waals surface area (Å²) in [4.78, 5) is 27.4. The fourth-order valence-electron chi connectivity index (χ4n) is 1.92. The van der Waals surface area contributed by atoms with Crippen molar-refractivity contribution in [2.45, 2.75) is 25.9 Å². The van der Waals surface area contributed by atoms with Crippen LogP contribution in [0.2, 0.25) is 5.15 Å². The lowest BCUT2D eigenvalue weighted by Gasteiger charge is -2.27. The maximum atomic E-state index is 11.5. The van der Waals surface area contributed by atoms with Gasteiger partial charge in [0.2, 0.25) is 0 Å². The first-order chi connectivity index (χ1) is 7.33. The molecule has 1 aliphatic rings. The molecule has 0 aliphatic carbocycles. The Labute approximate surface area is 96.1 Å². The molecule has 0 saturated heterocycles. The third-order valence-corrected chi connectivity index (χ3v) is 2.72. The van der Waals surface area contributed by atoms with Crippen molar-refractivity contribution in [1.82, 2.24) is 9.55 Å². The average molecular weight is 244 g/mol. The van der Waals surface area contributed by atoms with Crippen molar-refractivity contribution in [3.05, 3.63) is 21.7 Å². The molecule has 1 aliphatic heterocycles. The minimum atomic E-state index is -1.11. The highest BCUT2D eigenvalue weighted by molar-refractivity contribution is 6.29. The Morgan fingerprint density at radius 2 is 2.25 bits per heavy atom. The summed E-state index contributed by atoms with van der Waals surface area (Å²) in [6.45, 7) is 3.75. The van der Waals surface area contributed by atoms with E-state index in [2.05, 4.69) is 4.98 Å². The van der Waals surface area contributed by atoms with Crippen molar-refractivity contribution in [1.29, 1.82) is 0 Å². The van der Waals surface area contributed by atoms with Crippen LogP contribution in [0.4, 0.5) is 10.6 Å². The Balaban J connectivity index is 2.69. The number of rotatable bonds is 0. The molecule has 1 aromatic rings. The molecule has 0 bridgehead atoms. The van der Waals surface area contributed by atoms with Crippen LogP contribution >= 0.6 is 11.6 Å². The van der Waals surface area contributed by atoms with Crippen LogP contribution in [0, 0.1) is 0 Å². The zero-order valence-corrected chi connectivity index (χ0v) is 9.52. The van der Waals surface area contributed by atoms with Crippen molar-refractivity contribution in [2.24, 2.45) is 0 Å². The number of fused-ring (bicyclic) bond motifs is 1. The number of anilines is 1. The van der Waals surface area contributed by atoms with E-state index in [1.54, 1.807) is 13.8 Å². The number of nitrogens with zero attached hydrogens (tertiary/aromatic N) is 3. The highest BCUT2D eigenvalue weighted by Gasteiger charge is 2.41. The lowest BCUT2D eigenvalue weighted by atomic mass is 10.1. The SMILES string of the molecule is CC1(C)Cn2c(cc(Cl)nc2=O)N1C(=O)O. The molecular weight excluding hydrogens is 234 g/mol. The molecule has 0 spiro atoms. The van der Waals surface area contributed by atoms with Crippen molar-refractivity contribution in [2.75, 3.05) is 4.90 Å². The first-order valence-electron chi connectivity index (χ1n) is 4.63. The quantitative estimate of drug-likeness (QED) is 0.694. The van der Waals surface area contributed by atoms with Gasteiger partial charge in [0.25, 0.3) is 0 Å². The molecule has 0 unspecified atom stereocenters. The fourth-order valence-corrected chi connectivity index (χ4v) is 2.09. The van der Waals surface area contributed by atoms with Crippen LogP contribution in [-0.2, 0) is 6.54 Å². The van der Waals surface area contributed by atoms with E-state index < -0.39 is 17.3 Å². The summed E-state index contributed by atoms with van der Waals surface area (Å²) in [5.41, 5.74) is -1.20. The monoisotopic (exact) mass is 243 g/mol. The normalized spacial score (nSPS) is 17.3. The lowest BCUT2D eigenvalue weighted by molar-refractivity contribution is 0.195. The Morgan fingerprint density at radius 1 is 1.62 bits per heavy atom. The highest BCUT2D eigenvalue weighted by Crippen LogP contribution is 2.32. The van der Waals surface area contributed by atoms with E-state index in [1.807, 2.05) is 0 Å². The van der Waals surface area contributed by atoms with E-state index in [9.17, 15) is 9.59 Å². The van der Waals surface area contributed by atoms with Gasteiger partial charge in [-0.3, -0.25) is 9.47 Å². The zero-order valence-electron chi connectivity index (χ0n) is 8.77. The Morgan fingerprint density at radius 3 is 2.81 bits per heavy atom. The van der Waals surface area contributed by atoms with Gasteiger partial charge in [-0.1, -0.05) is 11.6 Å². The maximum absolute atomic E-state index is 11.5. The first kappa shape index (κ1) is 10.9. The van der Waals surface area contributed by atoms with Gasteiger partial charge < -0.3 is 5.11 Å². The average Bonchev–Trinajstić information content (AvgIpc) is 2.35. The van der Waals surface area contributed by atoms with Crippen molar-refractivity contribution < 1.29 is 9.90 Å². The molecule has 86 valence electrons. The molecule has 0 radical (unpaired) electrons. The minimum absolute atomic E-state index is 0.000185. The topological polar surface area (TPSA) is 75.4 Å². The van der Waals surface area contributed by atoms with Gasteiger partial charge in [0.15, 0.2) is 0 Å². The minimum Gasteiger partial charge on any atom is -0.465 e. The first-order valence-corrected chi connectivity index (χ1v) is 5.01. The van der Waals surface area contributed by atoms with Crippen LogP contribution in [0.5, 0.6) is 0 Å². The highest BCUT2D eigenvalue weighted by atomic mass is 35.5. The van der Waals surface area contributed by atoms with Gasteiger partial charge in [-0.25, -0.2) is 9.59 Å². The Bertz CT molecular complexity index is 523. The predicted octanol–water partition coefficient (Wildman–Crippen LogP) is 1.17. The van der Waals surface area contributed by atoms with Gasteiger partial charge >= 0.3 is 11.8 Å². The molecule has 16 heavy (non-hydrogen) atoms. The molecule has 2 rings (SSSR count). The fraction of sp³-hybridized carbons (Fsp3) is 0.444. The van der Waals surface area contributed by atoms with E-state index in [4.69, 9.17) is 16.7 Å². The summed E-state index contributed by atoms with van der Waals surface area (Å²) in [5, 5.41) is 9.12. The molecule has 0 saturated carbocycles. The van der Waals surface area contributed by atoms with Crippen molar-refractivity contribution in [3.8, 4) is 0 Å². The molecule has 6 nitrogen and oxygen atoms in total. The second-order valence-corrected chi connectivity index (χ2v) is 4.62. The molecule has 0 fully saturated rings. The van der Waals surface area contributed by atoms with Crippen molar-refractivity contribution >= 4 is 23.5 Å². The molecule has 1 amide bonds. The predicted molar refractivity (Wildman–Crippen MR) is 58.1 cm³/mol. The van der Waals surface area contributed by atoms with Gasteiger partial charge in [0.05, 0.1) is 12.1 Å². The molecule has 1 aromatic heterocycles. The van der Waals surface area contributed by atoms with Gasteiger partial charge in [-0.05, 0) is 13.8 Å². The molecular formula is C9H10ClN3O3. The molecule has 0 aromatic carbocycles. The summed E-state index contributed by atoms with van der Waals surface area (Å²) in [7, 11) is 0.